The second-order valence-electron chi connectivity index (χ2n) is 2.77. The molecule has 2 N–H and O–H groups in total. The average molecular weight is 191 g/mol. The molecule has 0 unspecified atom stereocenters. The van der Waals surface area contributed by atoms with Gasteiger partial charge in [0.15, 0.2) is 0 Å². The highest BCUT2D eigenvalue weighted by atomic mass is 15.2. The van der Waals surface area contributed by atoms with E-state index >= 15 is 0 Å². The fourth-order valence-electron chi connectivity index (χ4n) is 1.10. The van der Waals surface area contributed by atoms with E-state index in [1.54, 1.807) is 12.3 Å². The number of nitrogens with two attached hydrogens (primary N) is 1. The van der Waals surface area contributed by atoms with Crippen molar-refractivity contribution in [3.05, 3.63) is 12.3 Å². The number of aromatic nitrogens is 2. The summed E-state index contributed by atoms with van der Waals surface area (Å²) in [5.74, 6) is 1.04. The van der Waals surface area contributed by atoms with Crippen molar-refractivity contribution < 1.29 is 0 Å². The molecule has 0 saturated heterocycles. The molecule has 5 nitrogen and oxygen atoms in total. The van der Waals surface area contributed by atoms with Crippen molar-refractivity contribution in [1.82, 2.24) is 9.97 Å². The van der Waals surface area contributed by atoms with Crippen molar-refractivity contribution in [1.29, 1.82) is 5.26 Å². The molecule has 0 amide bonds. The van der Waals surface area contributed by atoms with Crippen LogP contribution in [-0.2, 0) is 0 Å². The normalized spacial score (nSPS) is 9.43. The molecule has 0 aliphatic heterocycles. The number of rotatable bonds is 4. The van der Waals surface area contributed by atoms with Crippen LogP contribution in [-0.4, -0.2) is 23.1 Å². The Kier molecular flexibility index (Phi) is 3.68. The lowest BCUT2D eigenvalue weighted by molar-refractivity contribution is 0.792. The van der Waals surface area contributed by atoms with Crippen molar-refractivity contribution in [3.8, 4) is 6.07 Å². The first-order valence-electron chi connectivity index (χ1n) is 4.48. The molecule has 0 atom stereocenters. The molecule has 1 aromatic heterocycles. The Morgan fingerprint density at radius 3 is 3.00 bits per heavy atom. The van der Waals surface area contributed by atoms with Gasteiger partial charge >= 0.3 is 0 Å². The van der Waals surface area contributed by atoms with Gasteiger partial charge in [0.05, 0.1) is 12.5 Å². The lowest BCUT2D eigenvalue weighted by atomic mass is 10.4. The highest BCUT2D eigenvalue weighted by Gasteiger charge is 2.06. The van der Waals surface area contributed by atoms with Crippen LogP contribution in [0.1, 0.15) is 13.3 Å². The van der Waals surface area contributed by atoms with Gasteiger partial charge in [-0.05, 0) is 13.0 Å². The Labute approximate surface area is 83.2 Å². The van der Waals surface area contributed by atoms with E-state index in [2.05, 4.69) is 16.0 Å². The molecule has 1 aromatic rings. The number of anilines is 2. The summed E-state index contributed by atoms with van der Waals surface area (Å²) in [7, 11) is 0. The second-order valence-corrected chi connectivity index (χ2v) is 2.77. The van der Waals surface area contributed by atoms with Gasteiger partial charge in [-0.3, -0.25) is 0 Å². The van der Waals surface area contributed by atoms with Gasteiger partial charge in [0, 0.05) is 19.3 Å². The van der Waals surface area contributed by atoms with Crippen molar-refractivity contribution in [2.24, 2.45) is 0 Å². The van der Waals surface area contributed by atoms with E-state index < -0.39 is 0 Å². The summed E-state index contributed by atoms with van der Waals surface area (Å²) < 4.78 is 0. The maximum atomic E-state index is 8.47. The predicted octanol–water partition coefficient (Wildman–Crippen LogP) is 0.799. The SMILES string of the molecule is CCN(CCC#N)c1nccc(N)n1. The van der Waals surface area contributed by atoms with Crippen molar-refractivity contribution in [2.45, 2.75) is 13.3 Å². The van der Waals surface area contributed by atoms with E-state index in [-0.39, 0.29) is 0 Å². The van der Waals surface area contributed by atoms with Crippen LogP contribution in [0.4, 0.5) is 11.8 Å². The van der Waals surface area contributed by atoms with Crippen LogP contribution >= 0.6 is 0 Å². The van der Waals surface area contributed by atoms with E-state index in [4.69, 9.17) is 11.0 Å². The highest BCUT2D eigenvalue weighted by Crippen LogP contribution is 2.08. The van der Waals surface area contributed by atoms with Gasteiger partial charge in [-0.25, -0.2) is 4.98 Å². The van der Waals surface area contributed by atoms with Gasteiger partial charge in [-0.2, -0.15) is 10.2 Å². The zero-order valence-electron chi connectivity index (χ0n) is 8.14. The highest BCUT2D eigenvalue weighted by molar-refractivity contribution is 5.37. The zero-order valence-corrected chi connectivity index (χ0v) is 8.14. The molecule has 1 rings (SSSR count). The van der Waals surface area contributed by atoms with Gasteiger partial charge in [0.25, 0.3) is 0 Å². The quantitative estimate of drug-likeness (QED) is 0.761. The van der Waals surface area contributed by atoms with Crippen LogP contribution in [0.3, 0.4) is 0 Å². The third-order valence-corrected chi connectivity index (χ3v) is 1.82. The van der Waals surface area contributed by atoms with Crippen LogP contribution in [0.2, 0.25) is 0 Å². The molecule has 0 aliphatic rings. The molecule has 0 fully saturated rings. The van der Waals surface area contributed by atoms with Crippen LogP contribution in [0.25, 0.3) is 0 Å². The summed E-state index contributed by atoms with van der Waals surface area (Å²) in [6, 6.07) is 3.73. The van der Waals surface area contributed by atoms with Gasteiger partial charge < -0.3 is 10.6 Å². The predicted molar refractivity (Wildman–Crippen MR) is 54.6 cm³/mol. The molecule has 1 heterocycles. The molecule has 0 bridgehead atoms. The lowest BCUT2D eigenvalue weighted by Gasteiger charge is -2.18. The summed E-state index contributed by atoms with van der Waals surface area (Å²) in [6.07, 6.45) is 2.08. The minimum Gasteiger partial charge on any atom is -0.384 e. The lowest BCUT2D eigenvalue weighted by Crippen LogP contribution is -2.25. The fraction of sp³-hybridized carbons (Fsp3) is 0.444. The first-order valence-corrected chi connectivity index (χ1v) is 4.48. The van der Waals surface area contributed by atoms with Gasteiger partial charge in [0.2, 0.25) is 5.95 Å². The van der Waals surface area contributed by atoms with E-state index in [1.165, 1.54) is 0 Å². The monoisotopic (exact) mass is 191 g/mol. The third-order valence-electron chi connectivity index (χ3n) is 1.82. The minimum absolute atomic E-state index is 0.449. The molecule has 14 heavy (non-hydrogen) atoms. The van der Waals surface area contributed by atoms with Gasteiger partial charge in [-0.1, -0.05) is 0 Å². The summed E-state index contributed by atoms with van der Waals surface area (Å²) in [6.45, 7) is 3.39. The standard InChI is InChI=1S/C9H13N5/c1-2-14(7-3-5-10)9-12-6-4-8(11)13-9/h4,6H,2-3,7H2,1H3,(H2,11,12,13). The molecular weight excluding hydrogens is 178 g/mol. The second kappa shape index (κ2) is 5.02. The molecule has 0 radical (unpaired) electrons. The maximum absolute atomic E-state index is 8.47. The molecule has 0 spiro atoms. The van der Waals surface area contributed by atoms with Gasteiger partial charge in [-0.15, -0.1) is 0 Å². The van der Waals surface area contributed by atoms with E-state index in [0.717, 1.165) is 6.54 Å². The van der Waals surface area contributed by atoms with Crippen LogP contribution < -0.4 is 10.6 Å². The number of hydrogen-bond donors (Lipinski definition) is 1. The van der Waals surface area contributed by atoms with Crippen molar-refractivity contribution >= 4 is 11.8 Å². The smallest absolute Gasteiger partial charge is 0.227 e. The number of nitriles is 1. The van der Waals surface area contributed by atoms with E-state index in [1.807, 2.05) is 11.8 Å². The topological polar surface area (TPSA) is 78.8 Å². The Bertz CT molecular complexity index is 330. The molecule has 74 valence electrons. The summed E-state index contributed by atoms with van der Waals surface area (Å²) in [5.41, 5.74) is 5.54. The summed E-state index contributed by atoms with van der Waals surface area (Å²) >= 11 is 0. The number of nitrogens with zero attached hydrogens (tertiary/aromatic N) is 4. The number of hydrogen-bond acceptors (Lipinski definition) is 5. The van der Waals surface area contributed by atoms with Crippen LogP contribution in [0.15, 0.2) is 12.3 Å². The molecular formula is C9H13N5. The Hall–Kier alpha value is -1.83. The molecule has 0 aromatic carbocycles. The maximum Gasteiger partial charge on any atom is 0.227 e. The Balaban J connectivity index is 2.74. The fourth-order valence-corrected chi connectivity index (χ4v) is 1.10. The number of nitrogen functional groups attached to an aromatic ring is 1. The molecule has 0 aliphatic carbocycles. The minimum atomic E-state index is 0.449. The first-order chi connectivity index (χ1) is 6.77. The van der Waals surface area contributed by atoms with Crippen molar-refractivity contribution in [3.63, 3.8) is 0 Å². The summed E-state index contributed by atoms with van der Waals surface area (Å²) in [4.78, 5) is 10.1. The van der Waals surface area contributed by atoms with E-state index in [9.17, 15) is 0 Å². The third kappa shape index (κ3) is 2.59. The van der Waals surface area contributed by atoms with Crippen molar-refractivity contribution in [2.75, 3.05) is 23.7 Å². The Morgan fingerprint density at radius 1 is 1.64 bits per heavy atom. The average Bonchev–Trinajstić information content (AvgIpc) is 2.19. The van der Waals surface area contributed by atoms with E-state index in [0.29, 0.717) is 24.7 Å². The van der Waals surface area contributed by atoms with Crippen LogP contribution in [0, 0.1) is 11.3 Å². The summed E-state index contributed by atoms with van der Waals surface area (Å²) in [5, 5.41) is 8.47. The first kappa shape index (κ1) is 10.3. The molecule has 0 saturated carbocycles. The largest absolute Gasteiger partial charge is 0.384 e. The zero-order chi connectivity index (χ0) is 10.4. The van der Waals surface area contributed by atoms with Gasteiger partial charge in [0.1, 0.15) is 5.82 Å². The molecule has 5 heteroatoms. The van der Waals surface area contributed by atoms with Crippen LogP contribution in [0.5, 0.6) is 0 Å². The Morgan fingerprint density at radius 2 is 2.43 bits per heavy atom.